The molecule has 6 nitrogen and oxygen atoms in total. The summed E-state index contributed by atoms with van der Waals surface area (Å²) in [6, 6.07) is 3.61. The standard InChI is InChI=1S/C19H17F5NO5P/c1-8-4-5-11-6-12(8)7-28-31(27,25-9(2)19(26)29-10(11)3)30-18-16(23)14(21)13(20)15(22)17(18)24/h4-6,9-10H,7H2,1-3H3,(H,25,27). The van der Waals surface area contributed by atoms with Crippen LogP contribution in [0.3, 0.4) is 0 Å². The van der Waals surface area contributed by atoms with E-state index in [1.165, 1.54) is 6.92 Å². The van der Waals surface area contributed by atoms with E-state index in [9.17, 15) is 31.3 Å². The maximum absolute atomic E-state index is 14.0. The predicted octanol–water partition coefficient (Wildman–Crippen LogP) is 4.99. The van der Waals surface area contributed by atoms with Crippen molar-refractivity contribution in [2.24, 2.45) is 0 Å². The number of halogens is 5. The number of aryl methyl sites for hydroxylation is 1. The number of esters is 1. The summed E-state index contributed by atoms with van der Waals surface area (Å²) in [4.78, 5) is 12.3. The van der Waals surface area contributed by atoms with Crippen LogP contribution < -0.4 is 9.61 Å². The Bertz CT molecular complexity index is 1070. The third kappa shape index (κ3) is 4.58. The first-order valence-electron chi connectivity index (χ1n) is 8.97. The molecule has 3 unspecified atom stereocenters. The van der Waals surface area contributed by atoms with Crippen molar-refractivity contribution in [2.45, 2.75) is 39.5 Å². The van der Waals surface area contributed by atoms with E-state index in [4.69, 9.17) is 9.26 Å². The van der Waals surface area contributed by atoms with Gasteiger partial charge in [0.1, 0.15) is 12.1 Å². The molecule has 168 valence electrons. The van der Waals surface area contributed by atoms with Crippen molar-refractivity contribution >= 4 is 13.7 Å². The Hall–Kier alpha value is -2.49. The van der Waals surface area contributed by atoms with Gasteiger partial charge in [0.15, 0.2) is 0 Å². The molecular weight excluding hydrogens is 448 g/mol. The Morgan fingerprint density at radius 3 is 2.23 bits per heavy atom. The summed E-state index contributed by atoms with van der Waals surface area (Å²) < 4.78 is 96.7. The summed E-state index contributed by atoms with van der Waals surface area (Å²) in [7, 11) is -4.84. The molecule has 3 rings (SSSR count). The average Bonchev–Trinajstić information content (AvgIpc) is 2.73. The monoisotopic (exact) mass is 465 g/mol. The number of carbonyl (C=O) groups excluding carboxylic acids is 1. The van der Waals surface area contributed by atoms with Gasteiger partial charge in [0.2, 0.25) is 34.8 Å². The lowest BCUT2D eigenvalue weighted by Gasteiger charge is -2.23. The van der Waals surface area contributed by atoms with Crippen LogP contribution >= 0.6 is 7.75 Å². The molecule has 0 saturated heterocycles. The van der Waals surface area contributed by atoms with Gasteiger partial charge in [0, 0.05) is 0 Å². The van der Waals surface area contributed by atoms with Gasteiger partial charge in [-0.2, -0.15) is 13.9 Å². The largest absolute Gasteiger partial charge is 0.459 e. The number of rotatable bonds is 2. The van der Waals surface area contributed by atoms with Gasteiger partial charge in [0.05, 0.1) is 6.61 Å². The van der Waals surface area contributed by atoms with E-state index in [0.29, 0.717) is 16.7 Å². The molecule has 2 bridgehead atoms. The zero-order valence-electron chi connectivity index (χ0n) is 16.5. The lowest BCUT2D eigenvalue weighted by atomic mass is 10.0. The number of fused-ring (bicyclic) bond motifs is 2. The molecule has 1 aliphatic heterocycles. The van der Waals surface area contributed by atoms with Crippen LogP contribution in [0.2, 0.25) is 0 Å². The zero-order valence-corrected chi connectivity index (χ0v) is 17.4. The van der Waals surface area contributed by atoms with Crippen molar-refractivity contribution in [1.29, 1.82) is 0 Å². The van der Waals surface area contributed by atoms with Crippen molar-refractivity contribution in [2.75, 3.05) is 0 Å². The Balaban J connectivity index is 2.05. The van der Waals surface area contributed by atoms with Crippen LogP contribution in [0, 0.1) is 36.0 Å². The number of hydrogen-bond donors (Lipinski definition) is 1. The number of cyclic esters (lactones) is 1. The minimum atomic E-state index is -4.84. The molecule has 0 saturated carbocycles. The minimum absolute atomic E-state index is 0.424. The summed E-state index contributed by atoms with van der Waals surface area (Å²) in [6.45, 7) is 4.08. The summed E-state index contributed by atoms with van der Waals surface area (Å²) in [5, 5.41) is 2.11. The average molecular weight is 465 g/mol. The molecule has 1 heterocycles. The summed E-state index contributed by atoms with van der Waals surface area (Å²) in [6.07, 6.45) is -0.690. The van der Waals surface area contributed by atoms with E-state index < -0.39 is 67.3 Å². The highest BCUT2D eigenvalue weighted by atomic mass is 31.2. The van der Waals surface area contributed by atoms with Crippen molar-refractivity contribution < 1.29 is 45.1 Å². The van der Waals surface area contributed by atoms with Crippen LogP contribution in [0.1, 0.15) is 36.6 Å². The van der Waals surface area contributed by atoms with E-state index in [1.807, 2.05) is 0 Å². The second-order valence-electron chi connectivity index (χ2n) is 6.88. The van der Waals surface area contributed by atoms with Crippen LogP contribution in [-0.2, 0) is 25.2 Å². The van der Waals surface area contributed by atoms with Gasteiger partial charge in [0.25, 0.3) is 0 Å². The molecule has 3 atom stereocenters. The third-order valence-electron chi connectivity index (χ3n) is 4.61. The number of nitrogens with one attached hydrogen (secondary N) is 1. The molecule has 0 spiro atoms. The van der Waals surface area contributed by atoms with Crippen LogP contribution in [0.25, 0.3) is 0 Å². The van der Waals surface area contributed by atoms with Crippen molar-refractivity contribution in [3.8, 4) is 5.75 Å². The van der Waals surface area contributed by atoms with Crippen LogP contribution in [0.4, 0.5) is 22.0 Å². The summed E-state index contributed by atoms with van der Waals surface area (Å²) >= 11 is 0. The Morgan fingerprint density at radius 1 is 1.03 bits per heavy atom. The van der Waals surface area contributed by atoms with Crippen molar-refractivity contribution in [3.05, 3.63) is 64.0 Å². The third-order valence-corrected chi connectivity index (χ3v) is 6.21. The van der Waals surface area contributed by atoms with Gasteiger partial charge in [-0.25, -0.2) is 17.7 Å². The van der Waals surface area contributed by atoms with Gasteiger partial charge < -0.3 is 9.26 Å². The normalized spacial score (nSPS) is 24.3. The molecule has 12 heteroatoms. The van der Waals surface area contributed by atoms with E-state index >= 15 is 0 Å². The molecular formula is C19H17F5NO5P. The topological polar surface area (TPSA) is 73.9 Å². The second-order valence-corrected chi connectivity index (χ2v) is 8.57. The fourth-order valence-electron chi connectivity index (χ4n) is 2.76. The van der Waals surface area contributed by atoms with Gasteiger partial charge in [-0.1, -0.05) is 12.1 Å². The Morgan fingerprint density at radius 2 is 1.61 bits per heavy atom. The first-order valence-corrected chi connectivity index (χ1v) is 10.5. The number of ether oxygens (including phenoxy) is 1. The van der Waals surface area contributed by atoms with Gasteiger partial charge in [-0.15, -0.1) is 0 Å². The minimum Gasteiger partial charge on any atom is -0.457 e. The maximum atomic E-state index is 14.0. The molecule has 0 aromatic heterocycles. The fourth-order valence-corrected chi connectivity index (χ4v) is 4.23. The smallest absolute Gasteiger partial charge is 0.457 e. The summed E-state index contributed by atoms with van der Waals surface area (Å²) in [5.41, 5.74) is 1.75. The quantitative estimate of drug-likeness (QED) is 0.222. The molecule has 1 N–H and O–H groups in total. The maximum Gasteiger partial charge on any atom is 0.459 e. The SMILES string of the molecule is Cc1ccc2cc1COP(=O)(Oc1c(F)c(F)c(F)c(F)c1F)NC(C)C(=O)OC2C. The second kappa shape index (κ2) is 8.57. The number of benzene rings is 2. The number of carbonyl (C=O) groups is 1. The first kappa shape index (κ1) is 23.2. The molecule has 31 heavy (non-hydrogen) atoms. The Kier molecular flexibility index (Phi) is 6.40. The van der Waals surface area contributed by atoms with Gasteiger partial charge >= 0.3 is 13.7 Å². The van der Waals surface area contributed by atoms with Crippen LogP contribution in [0.15, 0.2) is 18.2 Å². The molecule has 0 amide bonds. The molecule has 0 aliphatic carbocycles. The molecule has 0 fully saturated rings. The van der Waals surface area contributed by atoms with Crippen molar-refractivity contribution in [3.63, 3.8) is 0 Å². The lowest BCUT2D eigenvalue weighted by Crippen LogP contribution is -2.35. The van der Waals surface area contributed by atoms with E-state index in [-0.39, 0.29) is 0 Å². The van der Waals surface area contributed by atoms with E-state index in [2.05, 4.69) is 9.61 Å². The fraction of sp³-hybridized carbons (Fsp3) is 0.316. The van der Waals surface area contributed by atoms with Gasteiger partial charge in [-0.05, 0) is 43.5 Å². The van der Waals surface area contributed by atoms with E-state index in [0.717, 1.165) is 0 Å². The predicted molar refractivity (Wildman–Crippen MR) is 97.5 cm³/mol. The zero-order chi connectivity index (χ0) is 23.1. The van der Waals surface area contributed by atoms with Crippen LogP contribution in [-0.4, -0.2) is 12.0 Å². The number of hydrogen-bond acceptors (Lipinski definition) is 5. The highest BCUT2D eigenvalue weighted by Crippen LogP contribution is 2.48. The molecule has 2 aromatic rings. The van der Waals surface area contributed by atoms with Gasteiger partial charge in [-0.3, -0.25) is 9.32 Å². The first-order chi connectivity index (χ1) is 14.4. The summed E-state index contributed by atoms with van der Waals surface area (Å²) in [5.74, 6) is -14.4. The van der Waals surface area contributed by atoms with Crippen molar-refractivity contribution in [1.82, 2.24) is 5.09 Å². The molecule has 0 radical (unpaired) electrons. The highest BCUT2D eigenvalue weighted by Gasteiger charge is 2.38. The molecule has 1 aliphatic rings. The highest BCUT2D eigenvalue weighted by molar-refractivity contribution is 7.52. The van der Waals surface area contributed by atoms with E-state index in [1.54, 1.807) is 32.0 Å². The lowest BCUT2D eigenvalue weighted by molar-refractivity contribution is -0.150. The Labute approximate surface area is 173 Å². The van der Waals surface area contributed by atoms with Crippen LogP contribution in [0.5, 0.6) is 5.75 Å². The molecule has 2 aromatic carbocycles.